The highest BCUT2D eigenvalue weighted by molar-refractivity contribution is 5.82. The van der Waals surface area contributed by atoms with Crippen molar-refractivity contribution >= 4 is 5.84 Å². The Morgan fingerprint density at radius 3 is 2.20 bits per heavy atom. The highest BCUT2D eigenvalue weighted by Crippen LogP contribution is 2.27. The molecule has 0 amide bonds. The van der Waals surface area contributed by atoms with Crippen LogP contribution < -0.4 is 5.32 Å². The van der Waals surface area contributed by atoms with Gasteiger partial charge in [0.1, 0.15) is 12.0 Å². The number of hydrogen-bond acceptors (Lipinski definition) is 1. The molecule has 1 aliphatic heterocycles. The summed E-state index contributed by atoms with van der Waals surface area (Å²) in [6.07, 6.45) is -2.66. The third kappa shape index (κ3) is 1.29. The summed E-state index contributed by atoms with van der Waals surface area (Å²) in [5.41, 5.74) is -1.05. The fourth-order valence-corrected chi connectivity index (χ4v) is 0.472. The molecule has 1 rings (SSSR count). The monoisotopic (exact) mass is 148 g/mol. The number of allylic oxidation sites excluding steroid dienone is 1. The molecule has 2 radical (unpaired) electrons. The van der Waals surface area contributed by atoms with Crippen molar-refractivity contribution in [3.8, 4) is 0 Å². The van der Waals surface area contributed by atoms with E-state index < -0.39 is 11.9 Å². The second-order valence-corrected chi connectivity index (χ2v) is 1.73. The van der Waals surface area contributed by atoms with E-state index >= 15 is 0 Å². The van der Waals surface area contributed by atoms with Crippen molar-refractivity contribution in [2.75, 3.05) is 0 Å². The van der Waals surface area contributed by atoms with Crippen molar-refractivity contribution in [2.24, 2.45) is 4.99 Å². The van der Waals surface area contributed by atoms with Gasteiger partial charge in [0.05, 0.1) is 0 Å². The molecule has 0 bridgehead atoms. The maximum atomic E-state index is 11.7. The van der Waals surface area contributed by atoms with Crippen LogP contribution in [0, 0.1) is 6.20 Å². The fraction of sp³-hybridized carbons (Fsp3) is 0.400. The zero-order valence-corrected chi connectivity index (χ0v) is 5.03. The lowest BCUT2D eigenvalue weighted by Crippen LogP contribution is -2.08. The number of hydrogen-bond donors (Lipinski definition) is 0. The second-order valence-electron chi connectivity index (χ2n) is 1.73. The van der Waals surface area contributed by atoms with Gasteiger partial charge >= 0.3 is 6.18 Å². The van der Waals surface area contributed by atoms with Crippen molar-refractivity contribution in [3.05, 3.63) is 11.9 Å². The average Bonchev–Trinajstić information content (AvgIpc) is 2.11. The SMILES string of the molecule is CC1=NC(C(F)(F)F)=[C][N]1. The molecule has 0 saturated heterocycles. The minimum Gasteiger partial charge on any atom is -0.229 e. The minimum atomic E-state index is -4.42. The number of amidine groups is 1. The molecule has 1 aliphatic rings. The first-order chi connectivity index (χ1) is 4.50. The number of alkyl halides is 3. The van der Waals surface area contributed by atoms with Gasteiger partial charge < -0.3 is 0 Å². The molecular weight excluding hydrogens is 145 g/mol. The van der Waals surface area contributed by atoms with Gasteiger partial charge in [-0.2, -0.15) is 13.2 Å². The molecule has 0 spiro atoms. The standard InChI is InChI=1S/C5H3F3N2/c1-3-9-2-4(10-3)5(6,7)8/h1H3. The molecule has 0 aliphatic carbocycles. The van der Waals surface area contributed by atoms with Gasteiger partial charge in [-0.1, -0.05) is 0 Å². The predicted molar refractivity (Wildman–Crippen MR) is 28.1 cm³/mol. The summed E-state index contributed by atoms with van der Waals surface area (Å²) in [5.74, 6) is 0.0901. The van der Waals surface area contributed by atoms with Gasteiger partial charge in [-0.25, -0.2) is 10.3 Å². The van der Waals surface area contributed by atoms with E-state index in [-0.39, 0.29) is 5.84 Å². The highest BCUT2D eigenvalue weighted by Gasteiger charge is 2.36. The van der Waals surface area contributed by atoms with Gasteiger partial charge in [-0.05, 0) is 6.92 Å². The van der Waals surface area contributed by atoms with E-state index in [4.69, 9.17) is 0 Å². The van der Waals surface area contributed by atoms with Crippen molar-refractivity contribution in [1.82, 2.24) is 5.32 Å². The van der Waals surface area contributed by atoms with Crippen LogP contribution in [0.1, 0.15) is 6.92 Å². The molecule has 0 fully saturated rings. The second kappa shape index (κ2) is 2.00. The van der Waals surface area contributed by atoms with Crippen molar-refractivity contribution < 1.29 is 13.2 Å². The van der Waals surface area contributed by atoms with Gasteiger partial charge in [0, 0.05) is 0 Å². The smallest absolute Gasteiger partial charge is 0.229 e. The Hall–Kier alpha value is -1.00. The van der Waals surface area contributed by atoms with E-state index in [0.29, 0.717) is 0 Å². The fourth-order valence-electron chi connectivity index (χ4n) is 0.472. The number of nitrogens with zero attached hydrogens (tertiary/aromatic N) is 2. The first kappa shape index (κ1) is 7.11. The van der Waals surface area contributed by atoms with Crippen LogP contribution in [0.3, 0.4) is 0 Å². The van der Waals surface area contributed by atoms with Gasteiger partial charge in [0.15, 0.2) is 5.70 Å². The van der Waals surface area contributed by atoms with E-state index in [1.165, 1.54) is 6.92 Å². The van der Waals surface area contributed by atoms with Crippen LogP contribution in [0.2, 0.25) is 0 Å². The molecule has 0 aromatic carbocycles. The quantitative estimate of drug-likeness (QED) is 0.494. The third-order valence-corrected chi connectivity index (χ3v) is 0.866. The summed E-state index contributed by atoms with van der Waals surface area (Å²) in [6, 6.07) is 0. The summed E-state index contributed by atoms with van der Waals surface area (Å²) in [6.45, 7) is 1.38. The maximum absolute atomic E-state index is 11.7. The van der Waals surface area contributed by atoms with Gasteiger partial charge in [0.25, 0.3) is 0 Å². The van der Waals surface area contributed by atoms with Crippen LogP contribution in [0.5, 0.6) is 0 Å². The van der Waals surface area contributed by atoms with Crippen molar-refractivity contribution in [2.45, 2.75) is 13.1 Å². The topological polar surface area (TPSA) is 26.5 Å². The van der Waals surface area contributed by atoms with Crippen LogP contribution >= 0.6 is 0 Å². The number of rotatable bonds is 0. The summed E-state index contributed by atoms with van der Waals surface area (Å²) >= 11 is 0. The Labute approximate surface area is 55.4 Å². The van der Waals surface area contributed by atoms with E-state index in [9.17, 15) is 13.2 Å². The van der Waals surface area contributed by atoms with Crippen LogP contribution in [0.4, 0.5) is 13.2 Å². The maximum Gasteiger partial charge on any atom is 0.435 e. The molecule has 0 saturated carbocycles. The Morgan fingerprint density at radius 2 is 2.00 bits per heavy atom. The lowest BCUT2D eigenvalue weighted by molar-refractivity contribution is -0.0926. The minimum absolute atomic E-state index is 0.0901. The summed E-state index contributed by atoms with van der Waals surface area (Å²) in [4.78, 5) is 3.09. The Kier molecular flexibility index (Phi) is 1.42. The molecule has 5 heteroatoms. The zero-order chi connectivity index (χ0) is 7.78. The number of halogens is 3. The molecule has 0 aromatic heterocycles. The Morgan fingerprint density at radius 1 is 1.40 bits per heavy atom. The Balaban J connectivity index is 2.77. The van der Waals surface area contributed by atoms with Crippen LogP contribution in [0.25, 0.3) is 0 Å². The lowest BCUT2D eigenvalue weighted by Gasteiger charge is -2.00. The largest absolute Gasteiger partial charge is 0.435 e. The van der Waals surface area contributed by atoms with Crippen LogP contribution in [-0.2, 0) is 0 Å². The van der Waals surface area contributed by atoms with Crippen molar-refractivity contribution in [3.63, 3.8) is 0 Å². The molecule has 0 aromatic rings. The van der Waals surface area contributed by atoms with Gasteiger partial charge in [-0.15, -0.1) is 0 Å². The highest BCUT2D eigenvalue weighted by atomic mass is 19.4. The lowest BCUT2D eigenvalue weighted by atomic mass is 10.5. The van der Waals surface area contributed by atoms with E-state index in [2.05, 4.69) is 10.3 Å². The van der Waals surface area contributed by atoms with Gasteiger partial charge in [-0.3, -0.25) is 0 Å². The van der Waals surface area contributed by atoms with Crippen LogP contribution in [-0.4, -0.2) is 12.0 Å². The molecule has 2 nitrogen and oxygen atoms in total. The summed E-state index contributed by atoms with van der Waals surface area (Å²) in [5, 5.41) is 3.23. The van der Waals surface area contributed by atoms with E-state index in [1.807, 2.05) is 0 Å². The zero-order valence-electron chi connectivity index (χ0n) is 5.03. The first-order valence-corrected chi connectivity index (χ1v) is 2.46. The van der Waals surface area contributed by atoms with Crippen LogP contribution in [0.15, 0.2) is 10.7 Å². The van der Waals surface area contributed by atoms with Gasteiger partial charge in [0.2, 0.25) is 0 Å². The van der Waals surface area contributed by atoms with E-state index in [1.54, 1.807) is 6.20 Å². The molecular formula is C5H3F3N2. The summed E-state index contributed by atoms with van der Waals surface area (Å²) < 4.78 is 35.0. The number of aliphatic imine (C=N–C) groups is 1. The average molecular weight is 148 g/mol. The Bertz CT molecular complexity index is 201. The molecule has 0 unspecified atom stereocenters. The molecule has 10 heavy (non-hydrogen) atoms. The van der Waals surface area contributed by atoms with Crippen molar-refractivity contribution in [1.29, 1.82) is 0 Å². The molecule has 1 heterocycles. The molecule has 54 valence electrons. The molecule has 0 atom stereocenters. The summed E-state index contributed by atoms with van der Waals surface area (Å²) in [7, 11) is 0. The van der Waals surface area contributed by atoms with E-state index in [0.717, 1.165) is 0 Å². The first-order valence-electron chi connectivity index (χ1n) is 2.46. The molecule has 0 N–H and O–H groups in total. The normalized spacial score (nSPS) is 18.0. The third-order valence-electron chi connectivity index (χ3n) is 0.866. The predicted octanol–water partition coefficient (Wildman–Crippen LogP) is 1.23.